The molecule has 3 aromatic heterocycles. The van der Waals surface area contributed by atoms with Crippen molar-refractivity contribution in [3.63, 3.8) is 0 Å². The van der Waals surface area contributed by atoms with Crippen LogP contribution in [-0.4, -0.2) is 43.8 Å². The number of likely N-dealkylation sites (tertiary alicyclic amines) is 1. The van der Waals surface area contributed by atoms with Crippen LogP contribution in [0.25, 0.3) is 6.08 Å². The summed E-state index contributed by atoms with van der Waals surface area (Å²) in [6.07, 6.45) is 5.69. The molecule has 1 N–H and O–H groups in total. The van der Waals surface area contributed by atoms with Gasteiger partial charge in [0.05, 0.1) is 12.0 Å². The van der Waals surface area contributed by atoms with Crippen molar-refractivity contribution in [2.24, 2.45) is 0 Å². The summed E-state index contributed by atoms with van der Waals surface area (Å²) in [6, 6.07) is 7.45. The van der Waals surface area contributed by atoms with Gasteiger partial charge in [-0.1, -0.05) is 0 Å². The Balaban J connectivity index is 1.46. The Morgan fingerprint density at radius 1 is 1.17 bits per heavy atom. The van der Waals surface area contributed by atoms with Gasteiger partial charge in [0.1, 0.15) is 17.4 Å². The van der Waals surface area contributed by atoms with Crippen LogP contribution in [0.15, 0.2) is 41.0 Å². The first-order chi connectivity index (χ1) is 14.5. The standard InChI is InChI=1S/C22H24N6O2/c1-14-11-15(2)24-22(23-14)27-20-12-19(25-16(3)26-20)17-8-9-28(13-17)21(29)7-6-18-5-4-10-30-18/h4-7,10-12,17H,8-9,13H2,1-3H3,(H,23,24,25,26,27)/b7-6+/t17-/m0/s1. The number of carbonyl (C=O) groups is 1. The van der Waals surface area contributed by atoms with E-state index in [1.807, 2.05) is 43.9 Å². The van der Waals surface area contributed by atoms with Gasteiger partial charge in [0.25, 0.3) is 0 Å². The Bertz CT molecular complexity index is 1060. The minimum absolute atomic E-state index is 0.0262. The number of aryl methyl sites for hydroxylation is 3. The van der Waals surface area contributed by atoms with Crippen molar-refractivity contribution in [2.45, 2.75) is 33.1 Å². The maximum atomic E-state index is 12.5. The molecular formula is C22H24N6O2. The number of hydrogen-bond acceptors (Lipinski definition) is 7. The molecule has 1 aliphatic heterocycles. The number of amides is 1. The van der Waals surface area contributed by atoms with Gasteiger partial charge in [0.15, 0.2) is 0 Å². The molecule has 1 atom stereocenters. The predicted molar refractivity (Wildman–Crippen MR) is 113 cm³/mol. The molecule has 1 aliphatic rings. The quantitative estimate of drug-likeness (QED) is 0.649. The first-order valence-electron chi connectivity index (χ1n) is 9.91. The summed E-state index contributed by atoms with van der Waals surface area (Å²) in [6.45, 7) is 7.04. The van der Waals surface area contributed by atoms with Gasteiger partial charge in [0, 0.05) is 42.5 Å². The van der Waals surface area contributed by atoms with Crippen molar-refractivity contribution < 1.29 is 9.21 Å². The molecule has 0 bridgehead atoms. The largest absolute Gasteiger partial charge is 0.465 e. The molecule has 1 saturated heterocycles. The maximum absolute atomic E-state index is 12.5. The van der Waals surface area contributed by atoms with Gasteiger partial charge in [-0.05, 0) is 51.5 Å². The van der Waals surface area contributed by atoms with Gasteiger partial charge in [0.2, 0.25) is 11.9 Å². The Labute approximate surface area is 175 Å². The van der Waals surface area contributed by atoms with Crippen LogP contribution in [-0.2, 0) is 4.79 Å². The predicted octanol–water partition coefficient (Wildman–Crippen LogP) is 3.56. The van der Waals surface area contributed by atoms with Crippen LogP contribution in [0.5, 0.6) is 0 Å². The van der Waals surface area contributed by atoms with E-state index in [2.05, 4.69) is 25.3 Å². The summed E-state index contributed by atoms with van der Waals surface area (Å²) in [5.41, 5.74) is 2.70. The lowest BCUT2D eigenvalue weighted by Crippen LogP contribution is -2.26. The highest BCUT2D eigenvalue weighted by Gasteiger charge is 2.28. The second kappa shape index (κ2) is 8.44. The second-order valence-corrected chi connectivity index (χ2v) is 7.44. The molecule has 0 radical (unpaired) electrons. The molecule has 1 fully saturated rings. The fraction of sp³-hybridized carbons (Fsp3) is 0.318. The van der Waals surface area contributed by atoms with Gasteiger partial charge >= 0.3 is 0 Å². The summed E-state index contributed by atoms with van der Waals surface area (Å²) < 4.78 is 5.24. The third kappa shape index (κ3) is 4.71. The first kappa shape index (κ1) is 19.8. The summed E-state index contributed by atoms with van der Waals surface area (Å²) in [4.78, 5) is 32.2. The molecule has 8 heteroatoms. The Morgan fingerprint density at radius 3 is 2.70 bits per heavy atom. The maximum Gasteiger partial charge on any atom is 0.246 e. The number of carbonyl (C=O) groups excluding carboxylic acids is 1. The van der Waals surface area contributed by atoms with E-state index in [4.69, 9.17) is 4.42 Å². The zero-order valence-corrected chi connectivity index (χ0v) is 17.3. The third-order valence-corrected chi connectivity index (χ3v) is 4.93. The monoisotopic (exact) mass is 404 g/mol. The average Bonchev–Trinajstić information content (AvgIpc) is 3.37. The minimum atomic E-state index is -0.0262. The van der Waals surface area contributed by atoms with E-state index in [1.54, 1.807) is 24.5 Å². The topological polar surface area (TPSA) is 97.0 Å². The van der Waals surface area contributed by atoms with Crippen molar-refractivity contribution >= 4 is 23.7 Å². The summed E-state index contributed by atoms with van der Waals surface area (Å²) in [5, 5.41) is 3.18. The van der Waals surface area contributed by atoms with Gasteiger partial charge < -0.3 is 14.6 Å². The number of aromatic nitrogens is 4. The molecule has 1 amide bonds. The smallest absolute Gasteiger partial charge is 0.246 e. The lowest BCUT2D eigenvalue weighted by atomic mass is 10.0. The summed E-state index contributed by atoms with van der Waals surface area (Å²) in [7, 11) is 0. The number of rotatable bonds is 5. The lowest BCUT2D eigenvalue weighted by molar-refractivity contribution is -0.124. The van der Waals surface area contributed by atoms with Crippen molar-refractivity contribution in [1.82, 2.24) is 24.8 Å². The number of nitrogens with zero attached hydrogens (tertiary/aromatic N) is 5. The third-order valence-electron chi connectivity index (χ3n) is 4.93. The molecule has 0 spiro atoms. The Kier molecular flexibility index (Phi) is 5.56. The van der Waals surface area contributed by atoms with Crippen molar-refractivity contribution in [2.75, 3.05) is 18.4 Å². The lowest BCUT2D eigenvalue weighted by Gasteiger charge is -2.15. The van der Waals surface area contributed by atoms with Crippen molar-refractivity contribution in [3.05, 3.63) is 65.3 Å². The van der Waals surface area contributed by atoms with E-state index in [-0.39, 0.29) is 11.8 Å². The minimum Gasteiger partial charge on any atom is -0.465 e. The number of anilines is 2. The summed E-state index contributed by atoms with van der Waals surface area (Å²) >= 11 is 0. The average molecular weight is 404 g/mol. The molecule has 0 aliphatic carbocycles. The molecular weight excluding hydrogens is 380 g/mol. The van der Waals surface area contributed by atoms with Crippen molar-refractivity contribution in [1.29, 1.82) is 0 Å². The highest BCUT2D eigenvalue weighted by atomic mass is 16.3. The zero-order valence-electron chi connectivity index (χ0n) is 17.3. The van der Waals surface area contributed by atoms with Gasteiger partial charge in [-0.15, -0.1) is 0 Å². The van der Waals surface area contributed by atoms with Crippen LogP contribution >= 0.6 is 0 Å². The molecule has 3 aromatic rings. The fourth-order valence-electron chi connectivity index (χ4n) is 3.61. The van der Waals surface area contributed by atoms with E-state index in [9.17, 15) is 4.79 Å². The normalized spacial score (nSPS) is 16.4. The van der Waals surface area contributed by atoms with E-state index in [1.165, 1.54) is 0 Å². The van der Waals surface area contributed by atoms with Crippen LogP contribution in [0.3, 0.4) is 0 Å². The highest BCUT2D eigenvalue weighted by molar-refractivity contribution is 5.91. The fourth-order valence-corrected chi connectivity index (χ4v) is 3.61. The molecule has 4 rings (SSSR count). The van der Waals surface area contributed by atoms with Crippen LogP contribution < -0.4 is 5.32 Å². The van der Waals surface area contributed by atoms with Gasteiger partial charge in [-0.2, -0.15) is 0 Å². The molecule has 0 saturated carbocycles. The van der Waals surface area contributed by atoms with Crippen LogP contribution in [0.1, 0.15) is 41.0 Å². The molecule has 154 valence electrons. The Morgan fingerprint density at radius 2 is 1.97 bits per heavy atom. The number of hydrogen-bond donors (Lipinski definition) is 1. The molecule has 30 heavy (non-hydrogen) atoms. The number of furan rings is 1. The first-order valence-corrected chi connectivity index (χ1v) is 9.91. The molecule has 4 heterocycles. The van der Waals surface area contributed by atoms with E-state index >= 15 is 0 Å². The molecule has 8 nitrogen and oxygen atoms in total. The zero-order chi connectivity index (χ0) is 21.1. The Hall–Kier alpha value is -3.55. The SMILES string of the molecule is Cc1cc(C)nc(Nc2cc([C@H]3CCN(C(=O)/C=C/c4ccco4)C3)nc(C)n2)n1. The molecule has 0 unspecified atom stereocenters. The van der Waals surface area contributed by atoms with E-state index in [0.29, 0.717) is 36.4 Å². The van der Waals surface area contributed by atoms with Gasteiger partial charge in [-0.3, -0.25) is 4.79 Å². The van der Waals surface area contributed by atoms with Gasteiger partial charge in [-0.25, -0.2) is 19.9 Å². The highest BCUT2D eigenvalue weighted by Crippen LogP contribution is 2.28. The van der Waals surface area contributed by atoms with E-state index < -0.39 is 0 Å². The molecule has 0 aromatic carbocycles. The number of nitrogens with one attached hydrogen (secondary N) is 1. The summed E-state index contributed by atoms with van der Waals surface area (Å²) in [5.74, 6) is 2.64. The second-order valence-electron chi connectivity index (χ2n) is 7.44. The van der Waals surface area contributed by atoms with Crippen LogP contribution in [0, 0.1) is 20.8 Å². The van der Waals surface area contributed by atoms with Crippen LogP contribution in [0.2, 0.25) is 0 Å². The van der Waals surface area contributed by atoms with Crippen LogP contribution in [0.4, 0.5) is 11.8 Å². The van der Waals surface area contributed by atoms with E-state index in [0.717, 1.165) is 23.5 Å². The van der Waals surface area contributed by atoms with Crippen molar-refractivity contribution in [3.8, 4) is 0 Å².